The summed E-state index contributed by atoms with van der Waals surface area (Å²) in [5, 5.41) is 2.67. The molecule has 0 saturated heterocycles. The number of hydrogen-bond acceptors (Lipinski definition) is 4. The maximum absolute atomic E-state index is 11.9. The molecule has 7 heteroatoms. The Morgan fingerprint density at radius 3 is 2.29 bits per heavy atom. The van der Waals surface area contributed by atoms with Crippen LogP contribution in [0.1, 0.15) is 32.4 Å². The number of carbonyl (C=O) groups is 1. The fourth-order valence-electron chi connectivity index (χ4n) is 1.62. The molecule has 0 saturated carbocycles. The zero-order valence-corrected chi connectivity index (χ0v) is 13.5. The predicted octanol–water partition coefficient (Wildman–Crippen LogP) is 1.80. The summed E-state index contributed by atoms with van der Waals surface area (Å²) in [5.74, 6) is 0. The highest BCUT2D eigenvalue weighted by molar-refractivity contribution is 7.88. The third kappa shape index (κ3) is 7.67. The van der Waals surface area contributed by atoms with Crippen LogP contribution in [0.25, 0.3) is 0 Å². The topological polar surface area (TPSA) is 84.5 Å². The number of amides is 1. The molecular weight excluding hydrogens is 292 g/mol. The minimum Gasteiger partial charge on any atom is -0.444 e. The second kappa shape index (κ2) is 6.91. The third-order valence-corrected chi connectivity index (χ3v) is 3.13. The second-order valence-corrected chi connectivity index (χ2v) is 7.56. The molecule has 0 spiro atoms. The molecule has 1 aromatic rings. The summed E-state index contributed by atoms with van der Waals surface area (Å²) in [6, 6.07) is 8.60. The van der Waals surface area contributed by atoms with Crippen molar-refractivity contribution in [2.24, 2.45) is 0 Å². The molecular formula is C14H22N2O4S. The second-order valence-electron chi connectivity index (χ2n) is 5.73. The Labute approximate surface area is 125 Å². The Morgan fingerprint density at radius 1 is 1.24 bits per heavy atom. The predicted molar refractivity (Wildman–Crippen MR) is 81.4 cm³/mol. The van der Waals surface area contributed by atoms with Crippen LogP contribution < -0.4 is 10.0 Å². The van der Waals surface area contributed by atoms with Gasteiger partial charge in [0.25, 0.3) is 0 Å². The lowest BCUT2D eigenvalue weighted by Crippen LogP contribution is -2.40. The molecule has 0 aliphatic carbocycles. The number of hydrogen-bond donors (Lipinski definition) is 2. The molecule has 1 amide bonds. The molecule has 0 aliphatic heterocycles. The zero-order valence-electron chi connectivity index (χ0n) is 12.7. The van der Waals surface area contributed by atoms with Gasteiger partial charge in [-0.25, -0.2) is 17.9 Å². The first-order chi connectivity index (χ1) is 9.57. The van der Waals surface area contributed by atoms with E-state index in [0.717, 1.165) is 11.8 Å². The zero-order chi connectivity index (χ0) is 16.1. The standard InChI is InChI=1S/C14H22N2O4S/c1-14(2,3)20-13(17)16-12(10-15-21(4,18)19)11-8-6-5-7-9-11/h5-9,12,15H,10H2,1-4H3,(H,16,17)/t12-/m0/s1. The van der Waals surface area contributed by atoms with Crippen LogP contribution in [0.4, 0.5) is 4.79 Å². The maximum Gasteiger partial charge on any atom is 0.408 e. The van der Waals surface area contributed by atoms with Crippen molar-refractivity contribution in [1.82, 2.24) is 10.0 Å². The molecule has 0 heterocycles. The number of benzene rings is 1. The fraction of sp³-hybridized carbons (Fsp3) is 0.500. The van der Waals surface area contributed by atoms with Crippen LogP contribution in [0.2, 0.25) is 0 Å². The van der Waals surface area contributed by atoms with Gasteiger partial charge in [-0.1, -0.05) is 30.3 Å². The average molecular weight is 314 g/mol. The van der Waals surface area contributed by atoms with Gasteiger partial charge in [0.2, 0.25) is 10.0 Å². The van der Waals surface area contributed by atoms with Crippen LogP contribution in [0.5, 0.6) is 0 Å². The molecule has 1 atom stereocenters. The Morgan fingerprint density at radius 2 is 1.81 bits per heavy atom. The van der Waals surface area contributed by atoms with Crippen molar-refractivity contribution in [2.75, 3.05) is 12.8 Å². The Hall–Kier alpha value is -1.60. The highest BCUT2D eigenvalue weighted by Crippen LogP contribution is 2.14. The molecule has 21 heavy (non-hydrogen) atoms. The normalized spacial score (nSPS) is 13.5. The van der Waals surface area contributed by atoms with Crippen molar-refractivity contribution >= 4 is 16.1 Å². The van der Waals surface area contributed by atoms with E-state index in [4.69, 9.17) is 4.74 Å². The van der Waals surface area contributed by atoms with Gasteiger partial charge in [0.15, 0.2) is 0 Å². The average Bonchev–Trinajstić information content (AvgIpc) is 2.32. The fourth-order valence-corrected chi connectivity index (χ4v) is 2.09. The highest BCUT2D eigenvalue weighted by atomic mass is 32.2. The van der Waals surface area contributed by atoms with Crippen molar-refractivity contribution in [2.45, 2.75) is 32.4 Å². The molecule has 1 aromatic carbocycles. The Balaban J connectivity index is 2.80. The monoisotopic (exact) mass is 314 g/mol. The van der Waals surface area contributed by atoms with Crippen molar-refractivity contribution in [3.8, 4) is 0 Å². The van der Waals surface area contributed by atoms with Gasteiger partial charge in [0.1, 0.15) is 5.60 Å². The van der Waals surface area contributed by atoms with Crippen LogP contribution >= 0.6 is 0 Å². The van der Waals surface area contributed by atoms with E-state index in [1.54, 1.807) is 20.8 Å². The molecule has 0 radical (unpaired) electrons. The number of ether oxygens (including phenoxy) is 1. The number of nitrogens with one attached hydrogen (secondary N) is 2. The smallest absolute Gasteiger partial charge is 0.408 e. The summed E-state index contributed by atoms with van der Waals surface area (Å²) in [5.41, 5.74) is 0.176. The molecule has 118 valence electrons. The highest BCUT2D eigenvalue weighted by Gasteiger charge is 2.21. The van der Waals surface area contributed by atoms with Crippen LogP contribution in [0.3, 0.4) is 0 Å². The van der Waals surface area contributed by atoms with Crippen LogP contribution in [0.15, 0.2) is 30.3 Å². The molecule has 0 aliphatic rings. The Kier molecular flexibility index (Phi) is 5.74. The van der Waals surface area contributed by atoms with E-state index in [1.807, 2.05) is 30.3 Å². The number of alkyl carbamates (subject to hydrolysis) is 1. The minimum atomic E-state index is -3.34. The van der Waals surface area contributed by atoms with Gasteiger partial charge in [-0.2, -0.15) is 0 Å². The summed E-state index contributed by atoms with van der Waals surface area (Å²) < 4.78 is 30.0. The molecule has 0 fully saturated rings. The molecule has 0 bridgehead atoms. The van der Waals surface area contributed by atoms with Crippen molar-refractivity contribution < 1.29 is 17.9 Å². The number of sulfonamides is 1. The van der Waals surface area contributed by atoms with E-state index >= 15 is 0 Å². The summed E-state index contributed by atoms with van der Waals surface area (Å²) in [6.45, 7) is 5.35. The van der Waals surface area contributed by atoms with E-state index in [-0.39, 0.29) is 6.54 Å². The summed E-state index contributed by atoms with van der Waals surface area (Å²) in [7, 11) is -3.34. The first kappa shape index (κ1) is 17.5. The SMILES string of the molecule is CC(C)(C)OC(=O)N[C@@H](CNS(C)(=O)=O)c1ccccc1. The quantitative estimate of drug-likeness (QED) is 0.868. The van der Waals surface area contributed by atoms with Crippen LogP contribution in [0, 0.1) is 0 Å². The lowest BCUT2D eigenvalue weighted by atomic mass is 10.1. The molecule has 0 aromatic heterocycles. The molecule has 2 N–H and O–H groups in total. The third-order valence-electron chi connectivity index (χ3n) is 2.44. The number of carbonyl (C=O) groups excluding carboxylic acids is 1. The van der Waals surface area contributed by atoms with Crippen LogP contribution in [-0.2, 0) is 14.8 Å². The van der Waals surface area contributed by atoms with E-state index < -0.39 is 27.8 Å². The van der Waals surface area contributed by atoms with Crippen LogP contribution in [-0.4, -0.2) is 32.9 Å². The van der Waals surface area contributed by atoms with Gasteiger partial charge in [-0.05, 0) is 26.3 Å². The van der Waals surface area contributed by atoms with Crippen molar-refractivity contribution in [3.05, 3.63) is 35.9 Å². The Bertz CT molecular complexity index is 564. The van der Waals surface area contributed by atoms with Crippen molar-refractivity contribution in [3.63, 3.8) is 0 Å². The molecule has 0 unspecified atom stereocenters. The number of rotatable bonds is 5. The van der Waals surface area contributed by atoms with Crippen molar-refractivity contribution in [1.29, 1.82) is 0 Å². The van der Waals surface area contributed by atoms with E-state index in [0.29, 0.717) is 0 Å². The summed E-state index contributed by atoms with van der Waals surface area (Å²) in [4.78, 5) is 11.9. The van der Waals surface area contributed by atoms with E-state index in [2.05, 4.69) is 10.0 Å². The largest absolute Gasteiger partial charge is 0.444 e. The van der Waals surface area contributed by atoms with Gasteiger partial charge in [-0.15, -0.1) is 0 Å². The lowest BCUT2D eigenvalue weighted by Gasteiger charge is -2.24. The first-order valence-corrected chi connectivity index (χ1v) is 8.45. The van der Waals surface area contributed by atoms with E-state index in [9.17, 15) is 13.2 Å². The summed E-state index contributed by atoms with van der Waals surface area (Å²) >= 11 is 0. The molecule has 1 rings (SSSR count). The maximum atomic E-state index is 11.9. The minimum absolute atomic E-state index is 0.0576. The lowest BCUT2D eigenvalue weighted by molar-refractivity contribution is 0.0504. The van der Waals surface area contributed by atoms with Gasteiger partial charge in [0, 0.05) is 6.54 Å². The van der Waals surface area contributed by atoms with Gasteiger partial charge >= 0.3 is 6.09 Å². The molecule has 6 nitrogen and oxygen atoms in total. The van der Waals surface area contributed by atoms with E-state index in [1.165, 1.54) is 0 Å². The summed E-state index contributed by atoms with van der Waals surface area (Å²) in [6.07, 6.45) is 0.481. The van der Waals surface area contributed by atoms with Gasteiger partial charge in [-0.3, -0.25) is 0 Å². The van der Waals surface area contributed by atoms with Gasteiger partial charge in [0.05, 0.1) is 12.3 Å². The first-order valence-electron chi connectivity index (χ1n) is 6.56. The van der Waals surface area contributed by atoms with Gasteiger partial charge < -0.3 is 10.1 Å².